The number of piperidine rings is 1. The number of β-amino-alcohol motifs (C(OH)–C–C–N with tert-alkyl or cyclic N) is 1. The Hall–Kier alpha value is -2.25. The number of hydrogen-bond donors (Lipinski definition) is 3. The summed E-state index contributed by atoms with van der Waals surface area (Å²) in [6.07, 6.45) is -2.44. The number of aliphatic hydroxyl groups is 2. The molecule has 12 nitrogen and oxygen atoms in total. The van der Waals surface area contributed by atoms with Crippen molar-refractivity contribution in [2.45, 2.75) is 55.6 Å². The number of halogens is 3. The van der Waals surface area contributed by atoms with E-state index in [1.807, 2.05) is 0 Å². The lowest BCUT2D eigenvalue weighted by molar-refractivity contribution is -0.139. The van der Waals surface area contributed by atoms with Crippen molar-refractivity contribution >= 4 is 27.7 Å². The Labute approximate surface area is 277 Å². The predicted molar refractivity (Wildman–Crippen MR) is 170 cm³/mol. The normalized spacial score (nSPS) is 19.9. The fourth-order valence-electron chi connectivity index (χ4n) is 6.35. The van der Waals surface area contributed by atoms with Gasteiger partial charge in [0.2, 0.25) is 15.9 Å². The molecule has 0 spiro atoms. The molecule has 0 bridgehead atoms. The maximum atomic E-state index is 14.1. The number of likely N-dealkylation sites (tertiary alicyclic amines) is 1. The molecule has 3 aliphatic rings. The van der Waals surface area contributed by atoms with E-state index in [0.717, 1.165) is 29.8 Å². The number of aliphatic hydroxyl groups excluding tert-OH is 2. The molecule has 47 heavy (non-hydrogen) atoms. The molecule has 3 aliphatic heterocycles. The van der Waals surface area contributed by atoms with E-state index in [9.17, 15) is 31.5 Å². The SMILES string of the molecule is CS(=O)(=O)N1CCc2c(c(-c3ccc(C(F)(F)F)c(SCCN4CCC(NC(=O)CO)CC4)c3)nn2CC(O)CN2CCOCC2)C1. The predicted octanol–water partition coefficient (Wildman–Crippen LogP) is 1.24. The van der Waals surface area contributed by atoms with Crippen LogP contribution < -0.4 is 5.32 Å². The van der Waals surface area contributed by atoms with Crippen molar-refractivity contribution in [3.63, 3.8) is 0 Å². The smallest absolute Gasteiger partial charge is 0.390 e. The Balaban J connectivity index is 1.35. The summed E-state index contributed by atoms with van der Waals surface area (Å²) in [4.78, 5) is 15.8. The fraction of sp³-hybridized carbons (Fsp3) is 0.667. The minimum absolute atomic E-state index is 0.0306. The molecule has 0 aliphatic carbocycles. The molecular formula is C30H43F3N6O6S2. The van der Waals surface area contributed by atoms with Crippen LogP contribution in [0.5, 0.6) is 0 Å². The second kappa shape index (κ2) is 15.5. The average Bonchev–Trinajstić information content (AvgIpc) is 3.38. The van der Waals surface area contributed by atoms with E-state index >= 15 is 0 Å². The molecule has 2 aromatic rings. The summed E-state index contributed by atoms with van der Waals surface area (Å²) in [6, 6.07) is 3.90. The average molecular weight is 705 g/mol. The second-order valence-corrected chi connectivity index (χ2v) is 15.4. The van der Waals surface area contributed by atoms with Gasteiger partial charge in [0.15, 0.2) is 0 Å². The van der Waals surface area contributed by atoms with Gasteiger partial charge in [0, 0.05) is 92.3 Å². The molecule has 4 heterocycles. The third kappa shape index (κ3) is 9.47. The van der Waals surface area contributed by atoms with Crippen LogP contribution in [0.1, 0.15) is 29.7 Å². The molecule has 0 saturated carbocycles. The van der Waals surface area contributed by atoms with E-state index in [1.165, 1.54) is 16.4 Å². The number of ether oxygens (including phenoxy) is 1. The van der Waals surface area contributed by atoms with Crippen LogP contribution in [0.4, 0.5) is 13.2 Å². The number of aromatic nitrogens is 2. The van der Waals surface area contributed by atoms with Crippen LogP contribution in [0.2, 0.25) is 0 Å². The highest BCUT2D eigenvalue weighted by molar-refractivity contribution is 7.99. The number of nitrogens with one attached hydrogen (secondary N) is 1. The highest BCUT2D eigenvalue weighted by Gasteiger charge is 2.35. The molecule has 2 fully saturated rings. The first-order valence-corrected chi connectivity index (χ1v) is 18.6. The summed E-state index contributed by atoms with van der Waals surface area (Å²) in [5.41, 5.74) is 1.52. The lowest BCUT2D eigenvalue weighted by Crippen LogP contribution is -2.45. The number of amides is 1. The third-order valence-electron chi connectivity index (χ3n) is 8.85. The van der Waals surface area contributed by atoms with Crippen molar-refractivity contribution < 1.29 is 41.3 Å². The molecular weight excluding hydrogens is 661 g/mol. The van der Waals surface area contributed by atoms with Crippen LogP contribution in [0.15, 0.2) is 23.1 Å². The van der Waals surface area contributed by atoms with Crippen LogP contribution in [-0.2, 0) is 45.2 Å². The molecule has 262 valence electrons. The van der Waals surface area contributed by atoms with Gasteiger partial charge in [-0.2, -0.15) is 22.6 Å². The Morgan fingerprint density at radius 2 is 1.85 bits per heavy atom. The van der Waals surface area contributed by atoms with Gasteiger partial charge in [0.25, 0.3) is 0 Å². The maximum absolute atomic E-state index is 14.1. The second-order valence-electron chi connectivity index (χ2n) is 12.3. The summed E-state index contributed by atoms with van der Waals surface area (Å²) >= 11 is 1.11. The van der Waals surface area contributed by atoms with E-state index in [0.29, 0.717) is 94.3 Å². The summed E-state index contributed by atoms with van der Waals surface area (Å²) < 4.78 is 75.7. The Morgan fingerprint density at radius 1 is 1.13 bits per heavy atom. The van der Waals surface area contributed by atoms with E-state index in [2.05, 4.69) is 15.1 Å². The number of fused-ring (bicyclic) bond motifs is 1. The molecule has 0 radical (unpaired) electrons. The Kier molecular flexibility index (Phi) is 11.9. The summed E-state index contributed by atoms with van der Waals surface area (Å²) in [6.45, 7) is 4.82. The number of carbonyl (C=O) groups excluding carboxylic acids is 1. The van der Waals surface area contributed by atoms with Crippen molar-refractivity contribution in [2.75, 3.05) is 77.6 Å². The quantitative estimate of drug-likeness (QED) is 0.277. The van der Waals surface area contributed by atoms with Gasteiger partial charge < -0.3 is 25.2 Å². The maximum Gasteiger partial charge on any atom is 0.417 e. The summed E-state index contributed by atoms with van der Waals surface area (Å²) in [5, 5.41) is 27.4. The van der Waals surface area contributed by atoms with Crippen molar-refractivity contribution in [1.29, 1.82) is 0 Å². The number of benzene rings is 1. The van der Waals surface area contributed by atoms with Gasteiger partial charge in [-0.3, -0.25) is 14.4 Å². The number of rotatable bonds is 12. The van der Waals surface area contributed by atoms with E-state index in [-0.39, 0.29) is 30.6 Å². The molecule has 1 atom stereocenters. The van der Waals surface area contributed by atoms with Gasteiger partial charge in [-0.15, -0.1) is 11.8 Å². The zero-order valence-electron chi connectivity index (χ0n) is 26.4. The molecule has 17 heteroatoms. The number of carbonyl (C=O) groups is 1. The number of sulfonamides is 1. The highest BCUT2D eigenvalue weighted by atomic mass is 32.2. The van der Waals surface area contributed by atoms with Gasteiger partial charge in [0.1, 0.15) is 6.61 Å². The molecule has 1 amide bonds. The van der Waals surface area contributed by atoms with Crippen LogP contribution >= 0.6 is 11.8 Å². The zero-order valence-corrected chi connectivity index (χ0v) is 28.0. The number of alkyl halides is 3. The molecule has 1 unspecified atom stereocenters. The lowest BCUT2D eigenvalue weighted by Gasteiger charge is -2.32. The van der Waals surface area contributed by atoms with Gasteiger partial charge >= 0.3 is 6.18 Å². The fourth-order valence-corrected chi connectivity index (χ4v) is 8.26. The zero-order chi connectivity index (χ0) is 33.8. The first kappa shape index (κ1) is 36.0. The molecule has 1 aromatic carbocycles. The summed E-state index contributed by atoms with van der Waals surface area (Å²) in [7, 11) is -3.53. The molecule has 2 saturated heterocycles. The minimum Gasteiger partial charge on any atom is -0.390 e. The van der Waals surface area contributed by atoms with Crippen LogP contribution in [0.25, 0.3) is 11.3 Å². The highest BCUT2D eigenvalue weighted by Crippen LogP contribution is 2.40. The molecule has 3 N–H and O–H groups in total. The van der Waals surface area contributed by atoms with Crippen molar-refractivity contribution in [1.82, 2.24) is 29.2 Å². The lowest BCUT2D eigenvalue weighted by atomic mass is 10.0. The summed E-state index contributed by atoms with van der Waals surface area (Å²) in [5.74, 6) is -0.0136. The first-order valence-electron chi connectivity index (χ1n) is 15.8. The topological polar surface area (TPSA) is 140 Å². The van der Waals surface area contributed by atoms with Gasteiger partial charge in [0.05, 0.1) is 43.4 Å². The van der Waals surface area contributed by atoms with Crippen molar-refractivity contribution in [3.05, 3.63) is 35.0 Å². The largest absolute Gasteiger partial charge is 0.417 e. The van der Waals surface area contributed by atoms with Crippen LogP contribution in [-0.4, -0.2) is 138 Å². The number of nitrogens with zero attached hydrogens (tertiary/aromatic N) is 5. The van der Waals surface area contributed by atoms with Gasteiger partial charge in [-0.05, 0) is 25.0 Å². The third-order valence-corrected chi connectivity index (χ3v) is 11.1. The van der Waals surface area contributed by atoms with E-state index < -0.39 is 40.4 Å². The van der Waals surface area contributed by atoms with E-state index in [1.54, 1.807) is 4.68 Å². The van der Waals surface area contributed by atoms with Crippen LogP contribution in [0.3, 0.4) is 0 Å². The van der Waals surface area contributed by atoms with E-state index in [4.69, 9.17) is 14.9 Å². The number of thioether (sulfide) groups is 1. The number of morpholine rings is 1. The Bertz CT molecular complexity index is 1490. The monoisotopic (exact) mass is 704 g/mol. The Morgan fingerprint density at radius 3 is 2.51 bits per heavy atom. The first-order chi connectivity index (χ1) is 22.3. The number of hydrogen-bond acceptors (Lipinski definition) is 10. The van der Waals surface area contributed by atoms with Gasteiger partial charge in [-0.25, -0.2) is 8.42 Å². The minimum atomic E-state index is -4.57. The van der Waals surface area contributed by atoms with Crippen LogP contribution in [0, 0.1) is 0 Å². The van der Waals surface area contributed by atoms with Gasteiger partial charge in [-0.1, -0.05) is 6.07 Å². The standard InChI is InChI=1S/C30H43F3N6O6S2/c1-47(43,44)38-9-6-26-24(19-38)29(35-39(26)18-23(41)17-37-10-13-45-14-11-37)21-2-3-25(30(31,32)33)27(16-21)46-15-12-36-7-4-22(5-8-36)34-28(42)20-40/h2-3,16,22-23,40-41H,4-15,17-20H2,1H3,(H,34,42). The van der Waals surface area contributed by atoms with Crippen molar-refractivity contribution in [2.24, 2.45) is 0 Å². The van der Waals surface area contributed by atoms with Crippen molar-refractivity contribution in [3.8, 4) is 11.3 Å². The molecule has 1 aromatic heterocycles. The molecule has 5 rings (SSSR count).